The maximum absolute atomic E-state index is 5.47. The van der Waals surface area contributed by atoms with Crippen molar-refractivity contribution in [3.05, 3.63) is 0 Å². The van der Waals surface area contributed by atoms with Gasteiger partial charge in [0, 0.05) is 26.3 Å². The maximum Gasteiger partial charge on any atom is 0.0601 e. The van der Waals surface area contributed by atoms with Crippen LogP contribution in [-0.2, 0) is 9.47 Å². The molecule has 0 bridgehead atoms. The van der Waals surface area contributed by atoms with Crippen LogP contribution >= 0.6 is 0 Å². The molecule has 3 heteroatoms. The normalized spacial score (nSPS) is 26.6. The Morgan fingerprint density at radius 1 is 1.36 bits per heavy atom. The zero-order chi connectivity index (χ0) is 10.4. The number of hydrogen-bond acceptors (Lipinski definition) is 3. The Morgan fingerprint density at radius 2 is 2.07 bits per heavy atom. The lowest BCUT2D eigenvalue weighted by molar-refractivity contribution is 0.0143. The van der Waals surface area contributed by atoms with E-state index in [-0.39, 0.29) is 0 Å². The lowest BCUT2D eigenvalue weighted by Crippen LogP contribution is -2.46. The zero-order valence-electron chi connectivity index (χ0n) is 9.58. The van der Waals surface area contributed by atoms with Crippen LogP contribution in [0.1, 0.15) is 26.7 Å². The molecule has 14 heavy (non-hydrogen) atoms. The third kappa shape index (κ3) is 4.40. The van der Waals surface area contributed by atoms with E-state index >= 15 is 0 Å². The fourth-order valence-electron chi connectivity index (χ4n) is 1.58. The minimum Gasteiger partial charge on any atom is -0.381 e. The summed E-state index contributed by atoms with van der Waals surface area (Å²) in [6.45, 7) is 7.00. The second-order valence-electron chi connectivity index (χ2n) is 4.45. The van der Waals surface area contributed by atoms with E-state index in [9.17, 15) is 0 Å². The second kappa shape index (κ2) is 6.38. The van der Waals surface area contributed by atoms with Crippen molar-refractivity contribution in [1.29, 1.82) is 0 Å². The molecule has 0 spiro atoms. The molecule has 1 rings (SSSR count). The summed E-state index contributed by atoms with van der Waals surface area (Å²) in [5.74, 6) is 0.636. The van der Waals surface area contributed by atoms with Gasteiger partial charge < -0.3 is 14.8 Å². The number of rotatable bonds is 7. The third-order valence-electron chi connectivity index (χ3n) is 2.56. The van der Waals surface area contributed by atoms with Crippen LogP contribution in [-0.4, -0.2) is 39.0 Å². The SMILES string of the molecule is COC1CC(NCCOCC(C)C)C1. The molecule has 0 heterocycles. The van der Waals surface area contributed by atoms with E-state index < -0.39 is 0 Å². The van der Waals surface area contributed by atoms with Gasteiger partial charge >= 0.3 is 0 Å². The molecule has 0 aliphatic heterocycles. The second-order valence-corrected chi connectivity index (χ2v) is 4.45. The summed E-state index contributed by atoms with van der Waals surface area (Å²) >= 11 is 0. The Hall–Kier alpha value is -0.120. The molecule has 1 aliphatic rings. The van der Waals surface area contributed by atoms with Gasteiger partial charge in [0.25, 0.3) is 0 Å². The highest BCUT2D eigenvalue weighted by Gasteiger charge is 2.27. The summed E-state index contributed by atoms with van der Waals surface area (Å²) in [5, 5.41) is 3.45. The van der Waals surface area contributed by atoms with Crippen LogP contribution in [0.15, 0.2) is 0 Å². The molecule has 0 unspecified atom stereocenters. The van der Waals surface area contributed by atoms with Crippen molar-refractivity contribution < 1.29 is 9.47 Å². The van der Waals surface area contributed by atoms with Crippen LogP contribution in [0.4, 0.5) is 0 Å². The standard InChI is InChI=1S/C11H23NO2/c1-9(2)8-14-5-4-12-10-6-11(7-10)13-3/h9-12H,4-8H2,1-3H3. The first kappa shape index (κ1) is 12.0. The molecule has 0 atom stereocenters. The number of nitrogens with one attached hydrogen (secondary N) is 1. The van der Waals surface area contributed by atoms with E-state index in [0.29, 0.717) is 18.1 Å². The van der Waals surface area contributed by atoms with Crippen LogP contribution in [0.2, 0.25) is 0 Å². The molecule has 0 radical (unpaired) electrons. The van der Waals surface area contributed by atoms with Crippen LogP contribution in [0, 0.1) is 5.92 Å². The minimum atomic E-state index is 0.490. The smallest absolute Gasteiger partial charge is 0.0601 e. The van der Waals surface area contributed by atoms with Gasteiger partial charge in [-0.2, -0.15) is 0 Å². The van der Waals surface area contributed by atoms with Crippen molar-refractivity contribution in [2.45, 2.75) is 38.8 Å². The zero-order valence-corrected chi connectivity index (χ0v) is 9.58. The molecule has 3 nitrogen and oxygen atoms in total. The van der Waals surface area contributed by atoms with Crippen molar-refractivity contribution in [1.82, 2.24) is 5.32 Å². The Bertz CT molecular complexity index is 144. The molecule has 1 aliphatic carbocycles. The summed E-state index contributed by atoms with van der Waals surface area (Å²) < 4.78 is 10.7. The molecular weight excluding hydrogens is 178 g/mol. The molecule has 1 N–H and O–H groups in total. The molecule has 0 amide bonds. The summed E-state index contributed by atoms with van der Waals surface area (Å²) in [6, 6.07) is 0.655. The lowest BCUT2D eigenvalue weighted by Gasteiger charge is -2.34. The van der Waals surface area contributed by atoms with Gasteiger partial charge in [0.1, 0.15) is 0 Å². The first-order valence-corrected chi connectivity index (χ1v) is 5.56. The average Bonchev–Trinajstić information content (AvgIpc) is 2.07. The number of ether oxygens (including phenoxy) is 2. The Labute approximate surface area is 87.2 Å². The maximum atomic E-state index is 5.47. The van der Waals surface area contributed by atoms with Crippen LogP contribution in [0.5, 0.6) is 0 Å². The summed E-state index contributed by atoms with van der Waals surface area (Å²) in [7, 11) is 1.78. The molecule has 1 saturated carbocycles. The van der Waals surface area contributed by atoms with Gasteiger partial charge in [-0.1, -0.05) is 13.8 Å². The molecule has 0 aromatic heterocycles. The molecule has 0 aromatic carbocycles. The monoisotopic (exact) mass is 201 g/mol. The molecule has 1 fully saturated rings. The van der Waals surface area contributed by atoms with Crippen LogP contribution in [0.3, 0.4) is 0 Å². The molecule has 0 aromatic rings. The van der Waals surface area contributed by atoms with Crippen molar-refractivity contribution in [2.24, 2.45) is 5.92 Å². The molecule has 0 saturated heterocycles. The lowest BCUT2D eigenvalue weighted by atomic mass is 9.89. The Kier molecular flexibility index (Phi) is 5.45. The van der Waals surface area contributed by atoms with E-state index in [4.69, 9.17) is 9.47 Å². The molecule has 84 valence electrons. The first-order chi connectivity index (χ1) is 6.72. The quantitative estimate of drug-likeness (QED) is 0.632. The van der Waals surface area contributed by atoms with E-state index in [1.165, 1.54) is 0 Å². The van der Waals surface area contributed by atoms with Gasteiger partial charge in [0.05, 0.1) is 12.7 Å². The Morgan fingerprint density at radius 3 is 2.64 bits per heavy atom. The third-order valence-corrected chi connectivity index (χ3v) is 2.56. The van der Waals surface area contributed by atoms with E-state index in [1.807, 2.05) is 0 Å². The largest absolute Gasteiger partial charge is 0.381 e. The highest BCUT2D eigenvalue weighted by Crippen LogP contribution is 2.21. The topological polar surface area (TPSA) is 30.5 Å². The predicted molar refractivity (Wildman–Crippen MR) is 57.5 cm³/mol. The van der Waals surface area contributed by atoms with Crippen molar-refractivity contribution >= 4 is 0 Å². The minimum absolute atomic E-state index is 0.490. The highest BCUT2D eigenvalue weighted by atomic mass is 16.5. The molecular formula is C11H23NO2. The summed E-state index contributed by atoms with van der Waals surface area (Å²) in [5.41, 5.74) is 0. The van der Waals surface area contributed by atoms with Gasteiger partial charge in [0.15, 0.2) is 0 Å². The van der Waals surface area contributed by atoms with Gasteiger partial charge in [-0.05, 0) is 18.8 Å². The van der Waals surface area contributed by atoms with E-state index in [1.54, 1.807) is 7.11 Å². The number of methoxy groups -OCH3 is 1. The van der Waals surface area contributed by atoms with E-state index in [2.05, 4.69) is 19.2 Å². The average molecular weight is 201 g/mol. The fourth-order valence-corrected chi connectivity index (χ4v) is 1.58. The van der Waals surface area contributed by atoms with Gasteiger partial charge in [-0.3, -0.25) is 0 Å². The van der Waals surface area contributed by atoms with Gasteiger partial charge in [-0.25, -0.2) is 0 Å². The summed E-state index contributed by atoms with van der Waals surface area (Å²) in [6.07, 6.45) is 2.80. The predicted octanol–water partition coefficient (Wildman–Crippen LogP) is 1.43. The van der Waals surface area contributed by atoms with E-state index in [0.717, 1.165) is 32.6 Å². The van der Waals surface area contributed by atoms with Crippen LogP contribution < -0.4 is 5.32 Å². The number of hydrogen-bond donors (Lipinski definition) is 1. The summed E-state index contributed by atoms with van der Waals surface area (Å²) in [4.78, 5) is 0. The van der Waals surface area contributed by atoms with Gasteiger partial charge in [0.2, 0.25) is 0 Å². The first-order valence-electron chi connectivity index (χ1n) is 5.56. The van der Waals surface area contributed by atoms with Crippen LogP contribution in [0.25, 0.3) is 0 Å². The van der Waals surface area contributed by atoms with Gasteiger partial charge in [-0.15, -0.1) is 0 Å². The fraction of sp³-hybridized carbons (Fsp3) is 1.00. The van der Waals surface area contributed by atoms with Crippen molar-refractivity contribution in [3.8, 4) is 0 Å². The van der Waals surface area contributed by atoms with Crippen molar-refractivity contribution in [2.75, 3.05) is 26.9 Å². The highest BCUT2D eigenvalue weighted by molar-refractivity contribution is 4.85. The Balaban J connectivity index is 1.81. The van der Waals surface area contributed by atoms with Crippen molar-refractivity contribution in [3.63, 3.8) is 0 Å².